The van der Waals surface area contributed by atoms with E-state index in [1.54, 1.807) is 42.5 Å². The molecule has 0 N–H and O–H groups in total. The van der Waals surface area contributed by atoms with E-state index in [4.69, 9.17) is 4.42 Å². The third kappa shape index (κ3) is 2.84. The maximum absolute atomic E-state index is 13.2. The van der Waals surface area contributed by atoms with Crippen molar-refractivity contribution in [2.45, 2.75) is 11.8 Å². The zero-order valence-corrected chi connectivity index (χ0v) is 14.8. The third-order valence-corrected chi connectivity index (χ3v) is 5.67. The smallest absolute Gasteiger partial charge is 0.283 e. The van der Waals surface area contributed by atoms with Crippen LogP contribution >= 0.6 is 0 Å². The number of nitrogens with zero attached hydrogens (tertiary/aromatic N) is 2. The maximum Gasteiger partial charge on any atom is 0.283 e. The zero-order valence-electron chi connectivity index (χ0n) is 14.0. The molecular formula is C20H16N2O3S. The Morgan fingerprint density at radius 3 is 2.31 bits per heavy atom. The van der Waals surface area contributed by atoms with E-state index in [-0.39, 0.29) is 4.90 Å². The SMILES string of the molecule is Cc1ccc(S(=O)(=O)n2nc(-c3ccccc3)cc2-c2ccco2)cc1. The Bertz CT molecular complexity index is 1130. The third-order valence-electron chi connectivity index (χ3n) is 4.07. The Kier molecular flexibility index (Phi) is 3.97. The highest BCUT2D eigenvalue weighted by Gasteiger charge is 2.25. The fourth-order valence-electron chi connectivity index (χ4n) is 2.70. The highest BCUT2D eigenvalue weighted by Crippen LogP contribution is 2.29. The first-order valence-corrected chi connectivity index (χ1v) is 9.51. The van der Waals surface area contributed by atoms with Crippen LogP contribution in [0.4, 0.5) is 0 Å². The fraction of sp³-hybridized carbons (Fsp3) is 0.0500. The van der Waals surface area contributed by atoms with Crippen molar-refractivity contribution < 1.29 is 12.8 Å². The molecule has 0 bridgehead atoms. The summed E-state index contributed by atoms with van der Waals surface area (Å²) in [6.07, 6.45) is 1.51. The van der Waals surface area contributed by atoms with Gasteiger partial charge in [-0.25, -0.2) is 0 Å². The first kappa shape index (κ1) is 16.4. The molecule has 4 rings (SSSR count). The molecule has 0 saturated heterocycles. The predicted molar refractivity (Wildman–Crippen MR) is 99.1 cm³/mol. The van der Waals surface area contributed by atoms with Crippen LogP contribution in [-0.2, 0) is 10.0 Å². The number of hydrogen-bond donors (Lipinski definition) is 0. The summed E-state index contributed by atoms with van der Waals surface area (Å²) in [6, 6.07) is 21.3. The number of aromatic nitrogens is 2. The Hall–Kier alpha value is -3.12. The van der Waals surface area contributed by atoms with Crippen molar-refractivity contribution in [1.29, 1.82) is 0 Å². The van der Waals surface area contributed by atoms with Crippen LogP contribution in [0.5, 0.6) is 0 Å². The van der Waals surface area contributed by atoms with Gasteiger partial charge in [-0.05, 0) is 37.3 Å². The minimum atomic E-state index is -3.85. The predicted octanol–water partition coefficient (Wildman–Crippen LogP) is 4.36. The minimum absolute atomic E-state index is 0.179. The van der Waals surface area contributed by atoms with Gasteiger partial charge in [-0.1, -0.05) is 48.0 Å². The Labute approximate surface area is 151 Å². The van der Waals surface area contributed by atoms with E-state index in [1.165, 1.54) is 6.26 Å². The molecule has 0 saturated carbocycles. The number of aryl methyl sites for hydroxylation is 1. The number of rotatable bonds is 4. The average molecular weight is 364 g/mol. The first-order valence-electron chi connectivity index (χ1n) is 8.07. The van der Waals surface area contributed by atoms with Gasteiger partial charge in [0.2, 0.25) is 0 Å². The summed E-state index contributed by atoms with van der Waals surface area (Å²) in [6.45, 7) is 1.91. The zero-order chi connectivity index (χ0) is 18.1. The molecule has 130 valence electrons. The second-order valence-electron chi connectivity index (χ2n) is 5.92. The molecule has 2 heterocycles. The largest absolute Gasteiger partial charge is 0.463 e. The highest BCUT2D eigenvalue weighted by atomic mass is 32.2. The Balaban J connectivity index is 1.92. The number of furan rings is 1. The van der Waals surface area contributed by atoms with Gasteiger partial charge in [-0.15, -0.1) is 4.09 Å². The molecule has 0 fully saturated rings. The summed E-state index contributed by atoms with van der Waals surface area (Å²) >= 11 is 0. The number of benzene rings is 2. The van der Waals surface area contributed by atoms with Crippen molar-refractivity contribution in [2.24, 2.45) is 0 Å². The van der Waals surface area contributed by atoms with Crippen LogP contribution in [0.15, 0.2) is 88.4 Å². The van der Waals surface area contributed by atoms with E-state index in [1.807, 2.05) is 37.3 Å². The van der Waals surface area contributed by atoms with E-state index in [0.717, 1.165) is 15.2 Å². The van der Waals surface area contributed by atoms with E-state index in [2.05, 4.69) is 5.10 Å². The van der Waals surface area contributed by atoms with Crippen molar-refractivity contribution in [1.82, 2.24) is 9.19 Å². The summed E-state index contributed by atoms with van der Waals surface area (Å²) in [7, 11) is -3.85. The normalized spacial score (nSPS) is 11.6. The highest BCUT2D eigenvalue weighted by molar-refractivity contribution is 7.90. The minimum Gasteiger partial charge on any atom is -0.463 e. The molecule has 0 aliphatic carbocycles. The maximum atomic E-state index is 13.2. The van der Waals surface area contributed by atoms with E-state index >= 15 is 0 Å². The summed E-state index contributed by atoms with van der Waals surface area (Å²) in [5, 5.41) is 4.38. The molecule has 2 aromatic carbocycles. The van der Waals surface area contributed by atoms with Crippen LogP contribution in [0.25, 0.3) is 22.7 Å². The lowest BCUT2D eigenvalue weighted by Gasteiger charge is -2.07. The van der Waals surface area contributed by atoms with Crippen LogP contribution in [0.2, 0.25) is 0 Å². The van der Waals surface area contributed by atoms with E-state index in [9.17, 15) is 8.42 Å². The van der Waals surface area contributed by atoms with Gasteiger partial charge >= 0.3 is 0 Å². The molecule has 0 atom stereocenters. The van der Waals surface area contributed by atoms with Gasteiger partial charge in [-0.3, -0.25) is 0 Å². The van der Waals surface area contributed by atoms with Gasteiger partial charge in [0.15, 0.2) is 5.76 Å². The van der Waals surface area contributed by atoms with Gasteiger partial charge in [0, 0.05) is 5.56 Å². The summed E-state index contributed by atoms with van der Waals surface area (Å²) in [4.78, 5) is 0.179. The molecule has 0 spiro atoms. The molecule has 0 amide bonds. The molecule has 0 radical (unpaired) electrons. The lowest BCUT2D eigenvalue weighted by molar-refractivity contribution is 0.566. The van der Waals surface area contributed by atoms with Crippen molar-refractivity contribution >= 4 is 10.0 Å². The molecule has 26 heavy (non-hydrogen) atoms. The van der Waals surface area contributed by atoms with Crippen molar-refractivity contribution in [2.75, 3.05) is 0 Å². The van der Waals surface area contributed by atoms with Gasteiger partial charge in [0.1, 0.15) is 5.69 Å². The first-order chi connectivity index (χ1) is 12.6. The van der Waals surface area contributed by atoms with Crippen LogP contribution in [0.1, 0.15) is 5.56 Å². The van der Waals surface area contributed by atoms with Crippen molar-refractivity contribution in [3.05, 3.63) is 84.6 Å². The second kappa shape index (κ2) is 6.31. The van der Waals surface area contributed by atoms with Crippen molar-refractivity contribution in [3.8, 4) is 22.7 Å². The van der Waals surface area contributed by atoms with Gasteiger partial charge < -0.3 is 4.42 Å². The summed E-state index contributed by atoms with van der Waals surface area (Å²) < 4.78 is 32.8. The van der Waals surface area contributed by atoms with Gasteiger partial charge in [0.05, 0.1) is 16.9 Å². The molecule has 0 unspecified atom stereocenters. The average Bonchev–Trinajstić information content (AvgIpc) is 3.32. The fourth-order valence-corrected chi connectivity index (χ4v) is 3.98. The summed E-state index contributed by atoms with van der Waals surface area (Å²) in [5.41, 5.74) is 2.76. The van der Waals surface area contributed by atoms with Crippen LogP contribution < -0.4 is 0 Å². The molecule has 0 aliphatic heterocycles. The standard InChI is InChI=1S/C20H16N2O3S/c1-15-9-11-17(12-10-15)26(23,24)22-19(20-8-5-13-25-20)14-18(21-22)16-6-3-2-4-7-16/h2-14H,1H3. The second-order valence-corrected chi connectivity index (χ2v) is 7.69. The molecule has 2 aromatic heterocycles. The Morgan fingerprint density at radius 1 is 0.923 bits per heavy atom. The van der Waals surface area contributed by atoms with Crippen LogP contribution in [0.3, 0.4) is 0 Å². The molecule has 5 nitrogen and oxygen atoms in total. The lowest BCUT2D eigenvalue weighted by atomic mass is 10.1. The molecular weight excluding hydrogens is 348 g/mol. The quantitative estimate of drug-likeness (QED) is 0.540. The molecule has 6 heteroatoms. The Morgan fingerprint density at radius 2 is 1.65 bits per heavy atom. The van der Waals surface area contributed by atoms with E-state index < -0.39 is 10.0 Å². The van der Waals surface area contributed by atoms with Crippen molar-refractivity contribution in [3.63, 3.8) is 0 Å². The van der Waals surface area contributed by atoms with Crippen LogP contribution in [-0.4, -0.2) is 17.6 Å². The molecule has 4 aromatic rings. The van der Waals surface area contributed by atoms with Gasteiger partial charge in [-0.2, -0.15) is 13.5 Å². The lowest BCUT2D eigenvalue weighted by Crippen LogP contribution is -2.15. The number of hydrogen-bond acceptors (Lipinski definition) is 4. The monoisotopic (exact) mass is 364 g/mol. The van der Waals surface area contributed by atoms with Gasteiger partial charge in [0.25, 0.3) is 10.0 Å². The van der Waals surface area contributed by atoms with E-state index in [0.29, 0.717) is 17.1 Å². The topological polar surface area (TPSA) is 65.1 Å². The van der Waals surface area contributed by atoms with Crippen LogP contribution in [0, 0.1) is 6.92 Å². The molecule has 0 aliphatic rings. The summed E-state index contributed by atoms with van der Waals surface area (Å²) in [5.74, 6) is 0.440.